The van der Waals surface area contributed by atoms with Crippen LogP contribution in [0.2, 0.25) is 5.02 Å². The number of halogens is 1. The van der Waals surface area contributed by atoms with Crippen LogP contribution >= 0.6 is 23.4 Å². The van der Waals surface area contributed by atoms with Crippen LogP contribution in [0.5, 0.6) is 0 Å². The van der Waals surface area contributed by atoms with E-state index in [1.807, 2.05) is 18.2 Å². The van der Waals surface area contributed by atoms with Gasteiger partial charge in [-0.2, -0.15) is 0 Å². The molecule has 80 valence electrons. The standard InChI is InChI=1S/C11H12ClNOS/c1-8(14)15-6-2-3-9-4-5-10(12)11(13)7-9/h2-5,7H,6,13H2,1H3. The number of benzene rings is 1. The molecule has 0 aliphatic rings. The van der Waals surface area contributed by atoms with Gasteiger partial charge >= 0.3 is 0 Å². The fraction of sp³-hybridized carbons (Fsp3) is 0.182. The third-order valence-electron chi connectivity index (χ3n) is 1.71. The van der Waals surface area contributed by atoms with Crippen molar-refractivity contribution in [1.29, 1.82) is 0 Å². The molecule has 0 aliphatic carbocycles. The number of thioether (sulfide) groups is 1. The third kappa shape index (κ3) is 4.40. The number of hydrogen-bond acceptors (Lipinski definition) is 3. The van der Waals surface area contributed by atoms with Gasteiger partial charge in [-0.25, -0.2) is 0 Å². The Labute approximate surface area is 98.5 Å². The van der Waals surface area contributed by atoms with Gasteiger partial charge in [-0.1, -0.05) is 41.6 Å². The predicted molar refractivity (Wildman–Crippen MR) is 68.0 cm³/mol. The first kappa shape index (κ1) is 12.1. The molecule has 15 heavy (non-hydrogen) atoms. The second-order valence-electron chi connectivity index (χ2n) is 2.99. The van der Waals surface area contributed by atoms with Gasteiger partial charge < -0.3 is 5.73 Å². The van der Waals surface area contributed by atoms with E-state index in [1.165, 1.54) is 11.8 Å². The summed E-state index contributed by atoms with van der Waals surface area (Å²) in [5.74, 6) is 0.678. The summed E-state index contributed by atoms with van der Waals surface area (Å²) < 4.78 is 0. The summed E-state index contributed by atoms with van der Waals surface area (Å²) in [5.41, 5.74) is 7.20. The molecule has 4 heteroatoms. The lowest BCUT2D eigenvalue weighted by Crippen LogP contribution is -1.86. The van der Waals surface area contributed by atoms with E-state index >= 15 is 0 Å². The van der Waals surface area contributed by atoms with Gasteiger partial charge in [0.2, 0.25) is 0 Å². The minimum Gasteiger partial charge on any atom is -0.398 e. The number of carbonyl (C=O) groups is 1. The van der Waals surface area contributed by atoms with Crippen molar-refractivity contribution in [3.05, 3.63) is 34.9 Å². The van der Waals surface area contributed by atoms with Crippen molar-refractivity contribution >= 4 is 40.2 Å². The maximum atomic E-state index is 10.6. The second-order valence-corrected chi connectivity index (χ2v) is 4.59. The molecular formula is C11H12ClNOS. The first-order valence-electron chi connectivity index (χ1n) is 4.44. The monoisotopic (exact) mass is 241 g/mol. The van der Waals surface area contributed by atoms with Crippen LogP contribution < -0.4 is 5.73 Å². The maximum absolute atomic E-state index is 10.6. The molecule has 0 aromatic heterocycles. The molecule has 0 aliphatic heterocycles. The Morgan fingerprint density at radius 1 is 1.60 bits per heavy atom. The second kappa shape index (κ2) is 5.83. The normalized spacial score (nSPS) is 10.8. The Hall–Kier alpha value is -0.930. The highest BCUT2D eigenvalue weighted by Crippen LogP contribution is 2.20. The Kier molecular flexibility index (Phi) is 4.72. The average molecular weight is 242 g/mol. The molecule has 0 saturated heterocycles. The SMILES string of the molecule is CC(=O)SCC=Cc1ccc(Cl)c(N)c1. The number of nitrogens with two attached hydrogens (primary N) is 1. The van der Waals surface area contributed by atoms with E-state index in [9.17, 15) is 4.79 Å². The van der Waals surface area contributed by atoms with Crippen LogP contribution in [-0.4, -0.2) is 10.9 Å². The van der Waals surface area contributed by atoms with Crippen LogP contribution in [0.4, 0.5) is 5.69 Å². The maximum Gasteiger partial charge on any atom is 0.186 e. The van der Waals surface area contributed by atoms with E-state index in [2.05, 4.69) is 0 Å². The topological polar surface area (TPSA) is 43.1 Å². The Bertz CT molecular complexity index is 390. The van der Waals surface area contributed by atoms with Crippen molar-refractivity contribution in [2.45, 2.75) is 6.92 Å². The molecule has 0 fully saturated rings. The summed E-state index contributed by atoms with van der Waals surface area (Å²) in [6.07, 6.45) is 3.84. The summed E-state index contributed by atoms with van der Waals surface area (Å²) in [6.45, 7) is 1.55. The van der Waals surface area contributed by atoms with Gasteiger partial charge in [0.15, 0.2) is 5.12 Å². The van der Waals surface area contributed by atoms with E-state index in [0.29, 0.717) is 16.5 Å². The first-order chi connectivity index (χ1) is 7.09. The molecule has 1 aromatic carbocycles. The Morgan fingerprint density at radius 3 is 2.93 bits per heavy atom. The quantitative estimate of drug-likeness (QED) is 0.827. The molecule has 0 spiro atoms. The highest BCUT2D eigenvalue weighted by Gasteiger charge is 1.95. The fourth-order valence-electron chi connectivity index (χ4n) is 1.02. The zero-order chi connectivity index (χ0) is 11.3. The van der Waals surface area contributed by atoms with E-state index in [4.69, 9.17) is 17.3 Å². The van der Waals surface area contributed by atoms with E-state index < -0.39 is 0 Å². The lowest BCUT2D eigenvalue weighted by atomic mass is 10.2. The highest BCUT2D eigenvalue weighted by molar-refractivity contribution is 8.13. The molecule has 2 N–H and O–H groups in total. The zero-order valence-electron chi connectivity index (χ0n) is 8.37. The molecule has 2 nitrogen and oxygen atoms in total. The molecule has 0 heterocycles. The molecule has 0 unspecified atom stereocenters. The van der Waals surface area contributed by atoms with Gasteiger partial charge in [0, 0.05) is 12.7 Å². The summed E-state index contributed by atoms with van der Waals surface area (Å²) in [6, 6.07) is 5.44. The van der Waals surface area contributed by atoms with Crippen molar-refractivity contribution in [3.63, 3.8) is 0 Å². The van der Waals surface area contributed by atoms with Crippen LogP contribution in [0.3, 0.4) is 0 Å². The largest absolute Gasteiger partial charge is 0.398 e. The summed E-state index contributed by atoms with van der Waals surface area (Å²) in [5, 5.41) is 0.681. The molecule has 0 saturated carbocycles. The number of carbonyl (C=O) groups excluding carboxylic acids is 1. The van der Waals surface area contributed by atoms with Crippen LogP contribution in [-0.2, 0) is 4.79 Å². The molecular weight excluding hydrogens is 230 g/mol. The van der Waals surface area contributed by atoms with Gasteiger partial charge in [0.25, 0.3) is 0 Å². The van der Waals surface area contributed by atoms with Gasteiger partial charge in [0.1, 0.15) is 0 Å². The van der Waals surface area contributed by atoms with Crippen LogP contribution in [0.1, 0.15) is 12.5 Å². The zero-order valence-corrected chi connectivity index (χ0v) is 9.94. The Balaban J connectivity index is 2.57. The van der Waals surface area contributed by atoms with E-state index in [-0.39, 0.29) is 5.12 Å². The lowest BCUT2D eigenvalue weighted by Gasteiger charge is -1.98. The molecule has 0 radical (unpaired) electrons. The summed E-state index contributed by atoms with van der Waals surface area (Å²) >= 11 is 7.06. The van der Waals surface area contributed by atoms with Crippen LogP contribution in [0, 0.1) is 0 Å². The van der Waals surface area contributed by atoms with E-state index in [0.717, 1.165) is 5.56 Å². The highest BCUT2D eigenvalue weighted by atomic mass is 35.5. The number of hydrogen-bond donors (Lipinski definition) is 1. The van der Waals surface area contributed by atoms with Crippen molar-refractivity contribution in [2.24, 2.45) is 0 Å². The molecule has 0 atom stereocenters. The van der Waals surface area contributed by atoms with E-state index in [1.54, 1.807) is 19.1 Å². The molecule has 0 bridgehead atoms. The van der Waals surface area contributed by atoms with Gasteiger partial charge in [-0.15, -0.1) is 0 Å². The minimum absolute atomic E-state index is 0.121. The lowest BCUT2D eigenvalue weighted by molar-refractivity contribution is -0.109. The van der Waals surface area contributed by atoms with Crippen molar-refractivity contribution in [3.8, 4) is 0 Å². The van der Waals surface area contributed by atoms with Crippen molar-refractivity contribution < 1.29 is 4.79 Å². The smallest absolute Gasteiger partial charge is 0.186 e. The minimum atomic E-state index is 0.121. The van der Waals surface area contributed by atoms with Crippen molar-refractivity contribution in [1.82, 2.24) is 0 Å². The molecule has 1 rings (SSSR count). The Morgan fingerprint density at radius 2 is 2.33 bits per heavy atom. The number of anilines is 1. The summed E-state index contributed by atoms with van der Waals surface area (Å²) in [4.78, 5) is 10.6. The summed E-state index contributed by atoms with van der Waals surface area (Å²) in [7, 11) is 0. The predicted octanol–water partition coefficient (Wildman–Crippen LogP) is 3.22. The van der Waals surface area contributed by atoms with Crippen molar-refractivity contribution in [2.75, 3.05) is 11.5 Å². The van der Waals surface area contributed by atoms with Gasteiger partial charge in [-0.05, 0) is 17.7 Å². The van der Waals surface area contributed by atoms with Crippen LogP contribution in [0.15, 0.2) is 24.3 Å². The average Bonchev–Trinajstić information content (AvgIpc) is 2.18. The van der Waals surface area contributed by atoms with Crippen LogP contribution in [0.25, 0.3) is 6.08 Å². The number of nitrogen functional groups attached to an aromatic ring is 1. The first-order valence-corrected chi connectivity index (χ1v) is 5.81. The van der Waals surface area contributed by atoms with Gasteiger partial charge in [0.05, 0.1) is 10.7 Å². The fourth-order valence-corrected chi connectivity index (χ4v) is 1.56. The number of rotatable bonds is 3. The molecule has 0 amide bonds. The molecule has 1 aromatic rings. The third-order valence-corrected chi connectivity index (χ3v) is 2.82. The van der Waals surface area contributed by atoms with Gasteiger partial charge in [-0.3, -0.25) is 4.79 Å².